The summed E-state index contributed by atoms with van der Waals surface area (Å²) in [5.41, 5.74) is 6.14. The van der Waals surface area contributed by atoms with E-state index in [-0.39, 0.29) is 11.5 Å². The summed E-state index contributed by atoms with van der Waals surface area (Å²) in [6, 6.07) is 4.39. The monoisotopic (exact) mass is 263 g/mol. The lowest BCUT2D eigenvalue weighted by molar-refractivity contribution is 0.185. The predicted molar refractivity (Wildman–Crippen MR) is 66.7 cm³/mol. The summed E-state index contributed by atoms with van der Waals surface area (Å²) < 4.78 is 24.1. The van der Waals surface area contributed by atoms with Gasteiger partial charge in [-0.05, 0) is 30.5 Å². The van der Waals surface area contributed by atoms with Crippen LogP contribution in [0.3, 0.4) is 0 Å². The molecule has 3 rings (SSSR count). The molecule has 1 atom stereocenters. The quantitative estimate of drug-likeness (QED) is 0.858. The molecule has 0 amide bonds. The van der Waals surface area contributed by atoms with E-state index in [2.05, 4.69) is 10.1 Å². The fourth-order valence-electron chi connectivity index (χ4n) is 2.15. The lowest BCUT2D eigenvalue weighted by Gasteiger charge is -2.01. The summed E-state index contributed by atoms with van der Waals surface area (Å²) in [4.78, 5) is 4.22. The van der Waals surface area contributed by atoms with Gasteiger partial charge in [0.1, 0.15) is 5.82 Å². The number of benzene rings is 1. The topological polar surface area (TPSA) is 74.2 Å². The number of hydrogen-bond acceptors (Lipinski definition) is 5. The van der Waals surface area contributed by atoms with Crippen molar-refractivity contribution in [2.24, 2.45) is 5.92 Å². The van der Waals surface area contributed by atoms with Gasteiger partial charge in [-0.2, -0.15) is 4.98 Å². The van der Waals surface area contributed by atoms with E-state index in [9.17, 15) is 4.39 Å². The molecule has 1 aliphatic rings. The average molecular weight is 263 g/mol. The number of nitrogens with two attached hydrogens (primary N) is 1. The molecule has 2 N–H and O–H groups in total. The molecular weight excluding hydrogens is 249 g/mol. The van der Waals surface area contributed by atoms with Crippen LogP contribution in [-0.4, -0.2) is 23.4 Å². The van der Waals surface area contributed by atoms with Crippen molar-refractivity contribution >= 4 is 5.69 Å². The third kappa shape index (κ3) is 2.58. The molecule has 2 aromatic rings. The van der Waals surface area contributed by atoms with Crippen molar-refractivity contribution in [3.8, 4) is 11.5 Å². The molecule has 2 heterocycles. The summed E-state index contributed by atoms with van der Waals surface area (Å²) in [5, 5.41) is 3.88. The minimum Gasteiger partial charge on any atom is -0.399 e. The first kappa shape index (κ1) is 12.1. The Morgan fingerprint density at radius 2 is 2.32 bits per heavy atom. The zero-order valence-electron chi connectivity index (χ0n) is 10.3. The molecule has 100 valence electrons. The molecule has 6 heteroatoms. The second-order valence-corrected chi connectivity index (χ2v) is 4.69. The van der Waals surface area contributed by atoms with E-state index in [0.717, 1.165) is 19.6 Å². The van der Waals surface area contributed by atoms with Gasteiger partial charge < -0.3 is 15.0 Å². The van der Waals surface area contributed by atoms with E-state index in [1.807, 2.05) is 0 Å². The SMILES string of the molecule is Nc1ccc(-c2nc(CC3CCOC3)no2)c(F)c1. The highest BCUT2D eigenvalue weighted by Gasteiger charge is 2.20. The fraction of sp³-hybridized carbons (Fsp3) is 0.385. The van der Waals surface area contributed by atoms with Crippen LogP contribution >= 0.6 is 0 Å². The molecule has 0 radical (unpaired) electrons. The zero-order chi connectivity index (χ0) is 13.2. The van der Waals surface area contributed by atoms with Crippen LogP contribution in [0.1, 0.15) is 12.2 Å². The van der Waals surface area contributed by atoms with Crippen LogP contribution in [0.25, 0.3) is 11.5 Å². The lowest BCUT2D eigenvalue weighted by atomic mass is 10.1. The first-order valence-corrected chi connectivity index (χ1v) is 6.18. The van der Waals surface area contributed by atoms with Gasteiger partial charge in [-0.1, -0.05) is 5.16 Å². The van der Waals surface area contributed by atoms with Crippen molar-refractivity contribution in [2.75, 3.05) is 18.9 Å². The van der Waals surface area contributed by atoms with Gasteiger partial charge in [0.05, 0.1) is 5.56 Å². The maximum Gasteiger partial charge on any atom is 0.260 e. The van der Waals surface area contributed by atoms with Crippen LogP contribution < -0.4 is 5.73 Å². The molecule has 1 aliphatic heterocycles. The molecule has 0 bridgehead atoms. The normalized spacial score (nSPS) is 18.9. The Labute approximate surface area is 109 Å². The van der Waals surface area contributed by atoms with Crippen LogP contribution in [0.5, 0.6) is 0 Å². The number of rotatable bonds is 3. The van der Waals surface area contributed by atoms with Gasteiger partial charge in [0.15, 0.2) is 5.82 Å². The number of nitrogens with zero attached hydrogens (tertiary/aromatic N) is 2. The Kier molecular flexibility index (Phi) is 3.16. The van der Waals surface area contributed by atoms with Crippen LogP contribution in [0.15, 0.2) is 22.7 Å². The van der Waals surface area contributed by atoms with E-state index < -0.39 is 5.82 Å². The molecule has 1 aromatic heterocycles. The van der Waals surface area contributed by atoms with E-state index in [4.69, 9.17) is 15.0 Å². The minimum absolute atomic E-state index is 0.186. The third-order valence-corrected chi connectivity index (χ3v) is 3.19. The number of aromatic nitrogens is 2. The second kappa shape index (κ2) is 4.97. The largest absolute Gasteiger partial charge is 0.399 e. The number of anilines is 1. The average Bonchev–Trinajstić information content (AvgIpc) is 3.01. The van der Waals surface area contributed by atoms with Crippen molar-refractivity contribution in [3.63, 3.8) is 0 Å². The zero-order valence-corrected chi connectivity index (χ0v) is 10.3. The maximum atomic E-state index is 13.7. The van der Waals surface area contributed by atoms with E-state index >= 15 is 0 Å². The van der Waals surface area contributed by atoms with Crippen LogP contribution in [0.4, 0.5) is 10.1 Å². The molecule has 0 saturated carbocycles. The van der Waals surface area contributed by atoms with Gasteiger partial charge >= 0.3 is 0 Å². The Morgan fingerprint density at radius 3 is 3.05 bits per heavy atom. The minimum atomic E-state index is -0.459. The van der Waals surface area contributed by atoms with Gasteiger partial charge in [0, 0.05) is 25.3 Å². The first-order chi connectivity index (χ1) is 9.22. The Balaban J connectivity index is 1.80. The van der Waals surface area contributed by atoms with Crippen molar-refractivity contribution in [2.45, 2.75) is 12.8 Å². The summed E-state index contributed by atoms with van der Waals surface area (Å²) >= 11 is 0. The van der Waals surface area contributed by atoms with E-state index in [1.54, 1.807) is 12.1 Å². The third-order valence-electron chi connectivity index (χ3n) is 3.19. The highest BCUT2D eigenvalue weighted by molar-refractivity contribution is 5.58. The van der Waals surface area contributed by atoms with Gasteiger partial charge in [0.2, 0.25) is 0 Å². The summed E-state index contributed by atoms with van der Waals surface area (Å²) in [5.74, 6) is 0.731. The standard InChI is InChI=1S/C13H14FN3O2/c14-11-6-9(15)1-2-10(11)13-16-12(17-19-13)5-8-3-4-18-7-8/h1-2,6,8H,3-5,7,15H2. The maximum absolute atomic E-state index is 13.7. The number of ether oxygens (including phenoxy) is 1. The van der Waals surface area contributed by atoms with Gasteiger partial charge in [-0.3, -0.25) is 0 Å². The smallest absolute Gasteiger partial charge is 0.260 e. The fourth-order valence-corrected chi connectivity index (χ4v) is 2.15. The highest BCUT2D eigenvalue weighted by atomic mass is 19.1. The molecule has 0 spiro atoms. The number of halogens is 1. The molecule has 1 aromatic carbocycles. The molecule has 5 nitrogen and oxygen atoms in total. The lowest BCUT2D eigenvalue weighted by Crippen LogP contribution is -2.04. The van der Waals surface area contributed by atoms with Crippen molar-refractivity contribution in [3.05, 3.63) is 29.8 Å². The summed E-state index contributed by atoms with van der Waals surface area (Å²) in [6.07, 6.45) is 1.69. The van der Waals surface area contributed by atoms with Gasteiger partial charge in [0.25, 0.3) is 5.89 Å². The second-order valence-electron chi connectivity index (χ2n) is 4.69. The number of nitrogen functional groups attached to an aromatic ring is 1. The molecule has 1 saturated heterocycles. The van der Waals surface area contributed by atoms with Gasteiger partial charge in [-0.15, -0.1) is 0 Å². The Hall–Kier alpha value is -1.95. The number of hydrogen-bond donors (Lipinski definition) is 1. The molecule has 0 aliphatic carbocycles. The van der Waals surface area contributed by atoms with Crippen LogP contribution in [0.2, 0.25) is 0 Å². The summed E-state index contributed by atoms with van der Waals surface area (Å²) in [6.45, 7) is 1.50. The van der Waals surface area contributed by atoms with Crippen molar-refractivity contribution in [1.82, 2.24) is 10.1 Å². The van der Waals surface area contributed by atoms with E-state index in [1.165, 1.54) is 6.07 Å². The van der Waals surface area contributed by atoms with Crippen LogP contribution in [0, 0.1) is 11.7 Å². The first-order valence-electron chi connectivity index (χ1n) is 6.18. The summed E-state index contributed by atoms with van der Waals surface area (Å²) in [7, 11) is 0. The molecular formula is C13H14FN3O2. The predicted octanol–water partition coefficient (Wildman–Crippen LogP) is 2.04. The molecule has 1 fully saturated rings. The van der Waals surface area contributed by atoms with E-state index in [0.29, 0.717) is 23.9 Å². The highest BCUT2D eigenvalue weighted by Crippen LogP contribution is 2.24. The van der Waals surface area contributed by atoms with Gasteiger partial charge in [-0.25, -0.2) is 4.39 Å². The van der Waals surface area contributed by atoms with Crippen LogP contribution in [-0.2, 0) is 11.2 Å². The van der Waals surface area contributed by atoms with Crippen molar-refractivity contribution in [1.29, 1.82) is 0 Å². The molecule has 19 heavy (non-hydrogen) atoms. The Morgan fingerprint density at radius 1 is 1.42 bits per heavy atom. The molecule has 1 unspecified atom stereocenters. The Bertz CT molecular complexity index is 579. The van der Waals surface area contributed by atoms with Crippen molar-refractivity contribution < 1.29 is 13.7 Å².